The number of nitrogens with zero attached hydrogens (tertiary/aromatic N) is 4. The van der Waals surface area contributed by atoms with E-state index < -0.39 is 22.9 Å². The van der Waals surface area contributed by atoms with E-state index >= 15 is 0 Å². The van der Waals surface area contributed by atoms with Gasteiger partial charge in [-0.1, -0.05) is 18.2 Å². The van der Waals surface area contributed by atoms with Crippen LogP contribution in [0.25, 0.3) is 22.0 Å². The Labute approximate surface area is 201 Å². The molecule has 0 fully saturated rings. The van der Waals surface area contributed by atoms with Crippen molar-refractivity contribution in [3.63, 3.8) is 0 Å². The molecule has 10 nitrogen and oxygen atoms in total. The van der Waals surface area contributed by atoms with Gasteiger partial charge in [0.25, 0.3) is 11.6 Å². The number of hydrogen-bond donors (Lipinski definition) is 1. The summed E-state index contributed by atoms with van der Waals surface area (Å²) in [6.45, 7) is 3.15. The van der Waals surface area contributed by atoms with Crippen molar-refractivity contribution in [2.75, 3.05) is 5.32 Å². The van der Waals surface area contributed by atoms with Gasteiger partial charge in [0.15, 0.2) is 11.2 Å². The van der Waals surface area contributed by atoms with Crippen LogP contribution in [0, 0.1) is 17.0 Å². The molecular formula is C22H17N5O5S2. The molecule has 0 bridgehead atoms. The molecule has 1 N–H and O–H groups in total. The van der Waals surface area contributed by atoms with E-state index in [1.807, 2.05) is 6.07 Å². The predicted octanol–water partition coefficient (Wildman–Crippen LogP) is 4.73. The minimum atomic E-state index is -1.09. The normalized spacial score (nSPS) is 11.6. The van der Waals surface area contributed by atoms with Crippen molar-refractivity contribution in [1.82, 2.24) is 15.0 Å². The van der Waals surface area contributed by atoms with Crippen molar-refractivity contribution in [3.05, 3.63) is 74.7 Å². The Balaban J connectivity index is 1.40. The van der Waals surface area contributed by atoms with Crippen LogP contribution in [-0.2, 0) is 9.53 Å². The van der Waals surface area contributed by atoms with Gasteiger partial charge >= 0.3 is 5.97 Å². The van der Waals surface area contributed by atoms with Gasteiger partial charge in [0.05, 0.1) is 22.0 Å². The summed E-state index contributed by atoms with van der Waals surface area (Å²) in [6.07, 6.45) is 0.553. The lowest BCUT2D eigenvalue weighted by Gasteiger charge is -2.11. The standard InChI is InChI=1S/C22H17N5O5S2/c1-12-18(34-20(24-12)16-8-3-4-9-23-16)21(29)32-13(2)19(28)26-22-25-17(11-33-22)14-6-5-7-15(10-14)27(30)31/h3-11,13H,1-2H3,(H,25,26,28). The molecule has 0 spiro atoms. The van der Waals surface area contributed by atoms with Gasteiger partial charge in [-0.2, -0.15) is 0 Å². The van der Waals surface area contributed by atoms with Crippen LogP contribution in [0.3, 0.4) is 0 Å². The largest absolute Gasteiger partial charge is 0.448 e. The molecule has 1 amide bonds. The number of amides is 1. The topological polar surface area (TPSA) is 137 Å². The van der Waals surface area contributed by atoms with Gasteiger partial charge in [-0.25, -0.2) is 14.8 Å². The fourth-order valence-electron chi connectivity index (χ4n) is 2.90. The van der Waals surface area contributed by atoms with Crippen LogP contribution < -0.4 is 5.32 Å². The second kappa shape index (κ2) is 9.85. The van der Waals surface area contributed by atoms with E-state index in [-0.39, 0.29) is 10.8 Å². The van der Waals surface area contributed by atoms with Gasteiger partial charge in [-0.3, -0.25) is 25.2 Å². The minimum absolute atomic E-state index is 0.0545. The Hall–Kier alpha value is -4.03. The fraction of sp³-hybridized carbons (Fsp3) is 0.136. The van der Waals surface area contributed by atoms with Crippen molar-refractivity contribution in [3.8, 4) is 22.0 Å². The number of nitrogens with one attached hydrogen (secondary N) is 1. The first kappa shape index (κ1) is 23.1. The number of nitro benzene ring substituents is 1. The number of carbonyl (C=O) groups excluding carboxylic acids is 2. The molecule has 4 aromatic rings. The molecule has 1 atom stereocenters. The van der Waals surface area contributed by atoms with Gasteiger partial charge in [0.2, 0.25) is 0 Å². The molecule has 0 aliphatic heterocycles. The number of carbonyl (C=O) groups is 2. The first-order chi connectivity index (χ1) is 16.3. The maximum Gasteiger partial charge on any atom is 0.351 e. The number of nitro groups is 1. The Morgan fingerprint density at radius 3 is 2.71 bits per heavy atom. The lowest BCUT2D eigenvalue weighted by molar-refractivity contribution is -0.384. The van der Waals surface area contributed by atoms with Crippen LogP contribution in [0.4, 0.5) is 10.8 Å². The van der Waals surface area contributed by atoms with Crippen LogP contribution >= 0.6 is 22.7 Å². The number of non-ortho nitro benzene ring substituents is 1. The highest BCUT2D eigenvalue weighted by molar-refractivity contribution is 7.17. The van der Waals surface area contributed by atoms with Crippen molar-refractivity contribution in [2.24, 2.45) is 0 Å². The maximum atomic E-state index is 12.6. The zero-order valence-electron chi connectivity index (χ0n) is 17.9. The monoisotopic (exact) mass is 495 g/mol. The van der Waals surface area contributed by atoms with Crippen LogP contribution in [0.1, 0.15) is 22.3 Å². The zero-order chi connectivity index (χ0) is 24.2. The Kier molecular flexibility index (Phi) is 6.70. The molecule has 0 aliphatic rings. The van der Waals surface area contributed by atoms with E-state index in [0.717, 1.165) is 22.7 Å². The second-order valence-electron chi connectivity index (χ2n) is 7.03. The molecule has 1 unspecified atom stereocenters. The molecule has 0 saturated carbocycles. The summed E-state index contributed by atoms with van der Waals surface area (Å²) in [5.41, 5.74) is 2.11. The maximum absolute atomic E-state index is 12.6. The van der Waals surface area contributed by atoms with Crippen LogP contribution in [0.2, 0.25) is 0 Å². The van der Waals surface area contributed by atoms with Crippen molar-refractivity contribution in [2.45, 2.75) is 20.0 Å². The average molecular weight is 496 g/mol. The first-order valence-electron chi connectivity index (χ1n) is 9.93. The second-order valence-corrected chi connectivity index (χ2v) is 8.89. The Morgan fingerprint density at radius 2 is 1.97 bits per heavy atom. The number of aryl methyl sites for hydroxylation is 1. The summed E-state index contributed by atoms with van der Waals surface area (Å²) in [6, 6.07) is 11.4. The number of ether oxygens (including phenoxy) is 1. The quantitative estimate of drug-likeness (QED) is 0.221. The van der Waals surface area contributed by atoms with Gasteiger partial charge < -0.3 is 4.74 Å². The van der Waals surface area contributed by atoms with E-state index in [1.165, 1.54) is 19.1 Å². The number of esters is 1. The number of aromatic nitrogens is 3. The van der Waals surface area contributed by atoms with E-state index in [0.29, 0.717) is 32.5 Å². The molecule has 0 radical (unpaired) electrons. The van der Waals surface area contributed by atoms with Gasteiger partial charge in [0.1, 0.15) is 9.88 Å². The van der Waals surface area contributed by atoms with E-state index in [4.69, 9.17) is 4.74 Å². The summed E-state index contributed by atoms with van der Waals surface area (Å²) >= 11 is 2.30. The molecule has 0 aliphatic carbocycles. The zero-order valence-corrected chi connectivity index (χ0v) is 19.6. The van der Waals surface area contributed by atoms with Crippen LogP contribution in [-0.4, -0.2) is 37.9 Å². The number of hydrogen-bond acceptors (Lipinski definition) is 10. The third kappa shape index (κ3) is 5.13. The van der Waals surface area contributed by atoms with Gasteiger partial charge in [-0.15, -0.1) is 22.7 Å². The molecule has 1 aromatic carbocycles. The lowest BCUT2D eigenvalue weighted by Crippen LogP contribution is -2.29. The van der Waals surface area contributed by atoms with Gasteiger partial charge in [0, 0.05) is 29.3 Å². The third-order valence-electron chi connectivity index (χ3n) is 4.61. The van der Waals surface area contributed by atoms with Crippen LogP contribution in [0.15, 0.2) is 54.0 Å². The van der Waals surface area contributed by atoms with E-state index in [9.17, 15) is 19.7 Å². The summed E-state index contributed by atoms with van der Waals surface area (Å²) < 4.78 is 5.33. The molecule has 0 saturated heterocycles. The molecule has 34 heavy (non-hydrogen) atoms. The highest BCUT2D eigenvalue weighted by Gasteiger charge is 2.24. The number of anilines is 1. The molecular weight excluding hydrogens is 478 g/mol. The van der Waals surface area contributed by atoms with Crippen molar-refractivity contribution in [1.29, 1.82) is 0 Å². The summed E-state index contributed by atoms with van der Waals surface area (Å²) in [5, 5.41) is 16.1. The lowest BCUT2D eigenvalue weighted by atomic mass is 10.1. The van der Waals surface area contributed by atoms with Gasteiger partial charge in [-0.05, 0) is 26.0 Å². The number of pyridine rings is 1. The highest BCUT2D eigenvalue weighted by atomic mass is 32.1. The number of thiazole rings is 2. The smallest absolute Gasteiger partial charge is 0.351 e. The van der Waals surface area contributed by atoms with E-state index in [2.05, 4.69) is 20.3 Å². The summed E-state index contributed by atoms with van der Waals surface area (Å²) in [7, 11) is 0. The number of rotatable bonds is 7. The SMILES string of the molecule is Cc1nc(-c2ccccn2)sc1C(=O)OC(C)C(=O)Nc1nc(-c2cccc([N+](=O)[O-])c2)cs1. The summed E-state index contributed by atoms with van der Waals surface area (Å²) in [4.78, 5) is 48.9. The van der Waals surface area contributed by atoms with E-state index in [1.54, 1.807) is 42.8 Å². The first-order valence-corrected chi connectivity index (χ1v) is 11.6. The molecule has 3 heterocycles. The average Bonchev–Trinajstić information content (AvgIpc) is 3.46. The van der Waals surface area contributed by atoms with Crippen molar-refractivity contribution >= 4 is 45.4 Å². The summed E-state index contributed by atoms with van der Waals surface area (Å²) in [5.74, 6) is -1.21. The molecule has 172 valence electrons. The minimum Gasteiger partial charge on any atom is -0.448 e. The highest BCUT2D eigenvalue weighted by Crippen LogP contribution is 2.29. The molecule has 3 aromatic heterocycles. The number of benzene rings is 1. The Bertz CT molecular complexity index is 1370. The fourth-order valence-corrected chi connectivity index (χ4v) is 4.55. The predicted molar refractivity (Wildman–Crippen MR) is 128 cm³/mol. The Morgan fingerprint density at radius 1 is 1.15 bits per heavy atom. The third-order valence-corrected chi connectivity index (χ3v) is 6.52. The van der Waals surface area contributed by atoms with Crippen molar-refractivity contribution < 1.29 is 19.2 Å². The molecule has 12 heteroatoms. The molecule has 4 rings (SSSR count). The van der Waals surface area contributed by atoms with Crippen LogP contribution in [0.5, 0.6) is 0 Å².